The Labute approximate surface area is 104 Å². The monoisotopic (exact) mass is 234 g/mol. The molecule has 1 aromatic carbocycles. The molecule has 0 aliphatic carbocycles. The average molecular weight is 234 g/mol. The smallest absolute Gasteiger partial charge is 0.0673 e. The van der Waals surface area contributed by atoms with Crippen LogP contribution >= 0.6 is 0 Å². The largest absolute Gasteiger partial charge is 0.399 e. The molecule has 1 atom stereocenters. The molecule has 2 N–H and O–H groups in total. The van der Waals surface area contributed by atoms with Crippen LogP contribution in [-0.2, 0) is 11.2 Å². The van der Waals surface area contributed by atoms with E-state index >= 15 is 0 Å². The lowest BCUT2D eigenvalue weighted by molar-refractivity contribution is 0.0679. The van der Waals surface area contributed by atoms with Crippen molar-refractivity contribution in [2.45, 2.75) is 25.9 Å². The maximum absolute atomic E-state index is 5.78. The van der Waals surface area contributed by atoms with Gasteiger partial charge in [0, 0.05) is 31.9 Å². The van der Waals surface area contributed by atoms with E-state index in [0.29, 0.717) is 6.10 Å². The van der Waals surface area contributed by atoms with Crippen LogP contribution in [0.15, 0.2) is 24.3 Å². The number of nitrogens with zero attached hydrogens (tertiary/aromatic N) is 1. The van der Waals surface area contributed by atoms with Crippen LogP contribution in [0.1, 0.15) is 18.9 Å². The minimum Gasteiger partial charge on any atom is -0.399 e. The quantitative estimate of drug-likeness (QED) is 0.812. The molecule has 0 aromatic heterocycles. The van der Waals surface area contributed by atoms with Gasteiger partial charge in [0.05, 0.1) is 6.10 Å². The van der Waals surface area contributed by atoms with Gasteiger partial charge in [-0.1, -0.05) is 12.1 Å². The van der Waals surface area contributed by atoms with E-state index in [1.807, 2.05) is 12.1 Å². The first-order valence-corrected chi connectivity index (χ1v) is 6.42. The van der Waals surface area contributed by atoms with Crippen LogP contribution < -0.4 is 5.73 Å². The summed E-state index contributed by atoms with van der Waals surface area (Å²) in [6.45, 7) is 6.33. The van der Waals surface area contributed by atoms with Crippen molar-refractivity contribution in [2.75, 3.05) is 32.0 Å². The fourth-order valence-electron chi connectivity index (χ4n) is 2.32. The van der Waals surface area contributed by atoms with E-state index in [-0.39, 0.29) is 0 Å². The Balaban J connectivity index is 1.84. The van der Waals surface area contributed by atoms with Gasteiger partial charge in [-0.15, -0.1) is 0 Å². The van der Waals surface area contributed by atoms with Crippen molar-refractivity contribution < 1.29 is 4.74 Å². The lowest BCUT2D eigenvalue weighted by Gasteiger charge is -2.21. The Morgan fingerprint density at radius 1 is 1.47 bits per heavy atom. The van der Waals surface area contributed by atoms with Gasteiger partial charge in [-0.05, 0) is 37.5 Å². The highest BCUT2D eigenvalue weighted by atomic mass is 16.5. The van der Waals surface area contributed by atoms with Gasteiger partial charge in [0.15, 0.2) is 0 Å². The van der Waals surface area contributed by atoms with Crippen molar-refractivity contribution in [2.24, 2.45) is 0 Å². The van der Waals surface area contributed by atoms with E-state index in [0.717, 1.165) is 44.8 Å². The van der Waals surface area contributed by atoms with Crippen molar-refractivity contribution in [1.29, 1.82) is 0 Å². The number of rotatable bonds is 3. The number of hydrogen-bond acceptors (Lipinski definition) is 3. The zero-order valence-electron chi connectivity index (χ0n) is 10.6. The van der Waals surface area contributed by atoms with Crippen molar-refractivity contribution >= 4 is 5.69 Å². The Bertz CT molecular complexity index is 354. The molecule has 17 heavy (non-hydrogen) atoms. The SMILES string of the molecule is CC1CN(CCc2cccc(N)c2)CCCO1. The fraction of sp³-hybridized carbons (Fsp3) is 0.571. The van der Waals surface area contributed by atoms with E-state index < -0.39 is 0 Å². The number of ether oxygens (including phenoxy) is 1. The van der Waals surface area contributed by atoms with Gasteiger partial charge in [0.2, 0.25) is 0 Å². The second kappa shape index (κ2) is 6.03. The fourth-order valence-corrected chi connectivity index (χ4v) is 2.32. The van der Waals surface area contributed by atoms with Gasteiger partial charge >= 0.3 is 0 Å². The molecule has 1 saturated heterocycles. The maximum atomic E-state index is 5.78. The summed E-state index contributed by atoms with van der Waals surface area (Å²) in [6, 6.07) is 8.18. The van der Waals surface area contributed by atoms with Crippen LogP contribution in [0.2, 0.25) is 0 Å². The summed E-state index contributed by atoms with van der Waals surface area (Å²) < 4.78 is 5.64. The standard InChI is InChI=1S/C14H22N2O/c1-12-11-16(7-3-9-17-12)8-6-13-4-2-5-14(15)10-13/h2,4-5,10,12H,3,6-9,11,15H2,1H3. The van der Waals surface area contributed by atoms with Crippen LogP contribution in [0.25, 0.3) is 0 Å². The summed E-state index contributed by atoms with van der Waals surface area (Å²) in [5.74, 6) is 0. The predicted octanol–water partition coefficient (Wildman–Crippen LogP) is 1.92. The normalized spacial score (nSPS) is 22.3. The lowest BCUT2D eigenvalue weighted by Crippen LogP contribution is -2.32. The number of anilines is 1. The molecule has 1 fully saturated rings. The third kappa shape index (κ3) is 4.02. The van der Waals surface area contributed by atoms with Crippen molar-refractivity contribution in [1.82, 2.24) is 4.90 Å². The van der Waals surface area contributed by atoms with Gasteiger partial charge in [-0.3, -0.25) is 0 Å². The van der Waals surface area contributed by atoms with Gasteiger partial charge in [-0.25, -0.2) is 0 Å². The number of hydrogen-bond donors (Lipinski definition) is 1. The highest BCUT2D eigenvalue weighted by molar-refractivity contribution is 5.40. The van der Waals surface area contributed by atoms with Crippen molar-refractivity contribution in [3.8, 4) is 0 Å². The average Bonchev–Trinajstić information content (AvgIpc) is 2.51. The molecule has 0 radical (unpaired) electrons. The van der Waals surface area contributed by atoms with Gasteiger partial charge < -0.3 is 15.4 Å². The molecule has 3 nitrogen and oxygen atoms in total. The highest BCUT2D eigenvalue weighted by Crippen LogP contribution is 2.10. The Morgan fingerprint density at radius 3 is 3.18 bits per heavy atom. The Morgan fingerprint density at radius 2 is 2.35 bits per heavy atom. The molecule has 3 heteroatoms. The number of benzene rings is 1. The van der Waals surface area contributed by atoms with E-state index in [4.69, 9.17) is 10.5 Å². The zero-order valence-corrected chi connectivity index (χ0v) is 10.6. The first kappa shape index (κ1) is 12.4. The minimum absolute atomic E-state index is 0.360. The van der Waals surface area contributed by atoms with Crippen LogP contribution in [-0.4, -0.2) is 37.2 Å². The molecule has 0 bridgehead atoms. The van der Waals surface area contributed by atoms with E-state index in [1.54, 1.807) is 0 Å². The summed E-state index contributed by atoms with van der Waals surface area (Å²) in [4.78, 5) is 2.49. The Hall–Kier alpha value is -1.06. The molecule has 1 aromatic rings. The van der Waals surface area contributed by atoms with Crippen LogP contribution in [0.4, 0.5) is 5.69 Å². The predicted molar refractivity (Wildman–Crippen MR) is 71.0 cm³/mol. The number of nitrogen functional groups attached to an aromatic ring is 1. The minimum atomic E-state index is 0.360. The molecule has 2 rings (SSSR count). The third-order valence-electron chi connectivity index (χ3n) is 3.20. The van der Waals surface area contributed by atoms with Crippen LogP contribution in [0.3, 0.4) is 0 Å². The molecule has 1 unspecified atom stereocenters. The number of nitrogens with two attached hydrogens (primary N) is 1. The second-order valence-electron chi connectivity index (χ2n) is 4.83. The summed E-state index contributed by atoms with van der Waals surface area (Å²) in [5.41, 5.74) is 7.96. The van der Waals surface area contributed by atoms with Gasteiger partial charge in [-0.2, -0.15) is 0 Å². The molecular weight excluding hydrogens is 212 g/mol. The topological polar surface area (TPSA) is 38.5 Å². The summed E-state index contributed by atoms with van der Waals surface area (Å²) >= 11 is 0. The second-order valence-corrected chi connectivity index (χ2v) is 4.83. The first-order valence-electron chi connectivity index (χ1n) is 6.42. The summed E-state index contributed by atoms with van der Waals surface area (Å²) in [6.07, 6.45) is 2.57. The lowest BCUT2D eigenvalue weighted by atomic mass is 10.1. The Kier molecular flexibility index (Phi) is 4.40. The molecule has 94 valence electrons. The van der Waals surface area contributed by atoms with E-state index in [1.165, 1.54) is 5.56 Å². The van der Waals surface area contributed by atoms with Gasteiger partial charge in [0.1, 0.15) is 0 Å². The molecule has 1 aliphatic rings. The molecule has 1 aliphatic heterocycles. The molecule has 0 spiro atoms. The molecule has 1 heterocycles. The molecule has 0 saturated carbocycles. The first-order chi connectivity index (χ1) is 8.24. The van der Waals surface area contributed by atoms with Gasteiger partial charge in [0.25, 0.3) is 0 Å². The van der Waals surface area contributed by atoms with E-state index in [2.05, 4.69) is 24.0 Å². The molecular formula is C14H22N2O. The summed E-state index contributed by atoms with van der Waals surface area (Å²) in [7, 11) is 0. The molecule has 0 amide bonds. The third-order valence-corrected chi connectivity index (χ3v) is 3.20. The maximum Gasteiger partial charge on any atom is 0.0673 e. The van der Waals surface area contributed by atoms with Crippen molar-refractivity contribution in [3.05, 3.63) is 29.8 Å². The van der Waals surface area contributed by atoms with Crippen LogP contribution in [0.5, 0.6) is 0 Å². The van der Waals surface area contributed by atoms with E-state index in [9.17, 15) is 0 Å². The zero-order chi connectivity index (χ0) is 12.1. The highest BCUT2D eigenvalue weighted by Gasteiger charge is 2.14. The summed E-state index contributed by atoms with van der Waals surface area (Å²) in [5, 5.41) is 0. The van der Waals surface area contributed by atoms with Crippen LogP contribution in [0, 0.1) is 0 Å². The van der Waals surface area contributed by atoms with Crippen molar-refractivity contribution in [3.63, 3.8) is 0 Å².